The van der Waals surface area contributed by atoms with E-state index in [1.807, 2.05) is 27.7 Å². The maximum atomic E-state index is 11.6. The van der Waals surface area contributed by atoms with E-state index in [4.69, 9.17) is 10.2 Å². The van der Waals surface area contributed by atoms with E-state index >= 15 is 0 Å². The molecule has 5 unspecified atom stereocenters. The van der Waals surface area contributed by atoms with E-state index in [0.29, 0.717) is 6.42 Å². The molecule has 158 valence electrons. The van der Waals surface area contributed by atoms with E-state index in [-0.39, 0.29) is 18.7 Å². The van der Waals surface area contributed by atoms with Gasteiger partial charge in [0, 0.05) is 13.0 Å². The third-order valence-corrected chi connectivity index (χ3v) is 3.33. The van der Waals surface area contributed by atoms with Crippen LogP contribution in [0.2, 0.25) is 0 Å². The normalized spacial score (nSPS) is 15.8. The highest BCUT2D eigenvalue weighted by Gasteiger charge is 2.30. The van der Waals surface area contributed by atoms with Gasteiger partial charge >= 0.3 is 0 Å². The molecule has 0 heterocycles. The van der Waals surface area contributed by atoms with Crippen LogP contribution in [0.1, 0.15) is 47.5 Å². The zero-order valence-corrected chi connectivity index (χ0v) is 16.8. The van der Waals surface area contributed by atoms with Gasteiger partial charge < -0.3 is 36.2 Å². The van der Waals surface area contributed by atoms with Gasteiger partial charge in [0.15, 0.2) is 0 Å². The van der Waals surface area contributed by atoms with Crippen molar-refractivity contribution < 1.29 is 35.1 Å². The topological polar surface area (TPSA) is 159 Å². The Kier molecular flexibility index (Phi) is 21.3. The second-order valence-electron chi connectivity index (χ2n) is 5.09. The van der Waals surface area contributed by atoms with E-state index in [9.17, 15) is 24.9 Å². The van der Waals surface area contributed by atoms with Crippen LogP contribution in [-0.2, 0) is 9.59 Å². The van der Waals surface area contributed by atoms with Gasteiger partial charge in [0.2, 0.25) is 5.91 Å². The Labute approximate surface area is 156 Å². The van der Waals surface area contributed by atoms with Gasteiger partial charge in [0.1, 0.15) is 24.1 Å². The molecule has 0 rings (SSSR count). The molecule has 0 saturated heterocycles. The number of amides is 1. The zero-order valence-electron chi connectivity index (χ0n) is 16.8. The predicted molar refractivity (Wildman–Crippen MR) is 99.6 cm³/mol. The third-order valence-electron chi connectivity index (χ3n) is 3.33. The number of likely N-dealkylation sites (N-methyl/N-ethyl adjacent to an activating group) is 1. The fraction of sp³-hybridized carbons (Fsp3) is 0.882. The van der Waals surface area contributed by atoms with Gasteiger partial charge in [-0.25, -0.2) is 0 Å². The summed E-state index contributed by atoms with van der Waals surface area (Å²) < 4.78 is 0. The van der Waals surface area contributed by atoms with Crippen molar-refractivity contribution in [1.82, 2.24) is 10.6 Å². The van der Waals surface area contributed by atoms with Gasteiger partial charge in [-0.1, -0.05) is 27.7 Å². The van der Waals surface area contributed by atoms with Crippen LogP contribution in [0.15, 0.2) is 0 Å². The molecule has 0 aromatic heterocycles. The molecule has 9 nitrogen and oxygen atoms in total. The van der Waals surface area contributed by atoms with Gasteiger partial charge in [0.25, 0.3) is 0 Å². The van der Waals surface area contributed by atoms with Crippen molar-refractivity contribution in [3.63, 3.8) is 0 Å². The SMILES string of the molecule is CC.CC.CNC(CCC(=O)NCC(O)C(O)C(O)C(O)CO)C(C)=O. The Bertz CT molecular complexity index is 356. The van der Waals surface area contributed by atoms with E-state index in [1.165, 1.54) is 6.92 Å². The Balaban J connectivity index is -0.00000123. The molecular weight excluding hydrogens is 344 g/mol. The summed E-state index contributed by atoms with van der Waals surface area (Å²) in [7, 11) is 1.61. The summed E-state index contributed by atoms with van der Waals surface area (Å²) in [6.45, 7) is 8.31. The van der Waals surface area contributed by atoms with Crippen molar-refractivity contribution in [1.29, 1.82) is 0 Å². The van der Waals surface area contributed by atoms with Crippen molar-refractivity contribution in [3.05, 3.63) is 0 Å². The second-order valence-corrected chi connectivity index (χ2v) is 5.09. The number of ketones is 1. The number of carbonyl (C=O) groups excluding carboxylic acids is 2. The minimum absolute atomic E-state index is 0.0513. The van der Waals surface area contributed by atoms with Crippen molar-refractivity contribution in [2.24, 2.45) is 0 Å². The van der Waals surface area contributed by atoms with Crippen molar-refractivity contribution >= 4 is 11.7 Å². The number of aliphatic hydroxyl groups excluding tert-OH is 5. The molecule has 0 aliphatic heterocycles. The molecule has 0 bridgehead atoms. The summed E-state index contributed by atoms with van der Waals surface area (Å²) in [5, 5.41) is 51.5. The van der Waals surface area contributed by atoms with Crippen LogP contribution in [0.4, 0.5) is 0 Å². The first-order valence-corrected chi connectivity index (χ1v) is 9.02. The number of nitrogens with one attached hydrogen (secondary N) is 2. The number of hydrogen-bond donors (Lipinski definition) is 7. The molecule has 1 amide bonds. The van der Waals surface area contributed by atoms with Gasteiger partial charge in [-0.3, -0.25) is 9.59 Å². The fourth-order valence-corrected chi connectivity index (χ4v) is 1.82. The number of aliphatic hydroxyl groups is 5. The van der Waals surface area contributed by atoms with Crippen LogP contribution < -0.4 is 10.6 Å². The molecule has 0 spiro atoms. The average molecular weight is 382 g/mol. The van der Waals surface area contributed by atoms with E-state index in [2.05, 4.69) is 10.6 Å². The van der Waals surface area contributed by atoms with E-state index < -0.39 is 43.0 Å². The molecule has 0 aliphatic carbocycles. The summed E-state index contributed by atoms with van der Waals surface area (Å²) in [4.78, 5) is 22.7. The Hall–Kier alpha value is -1.10. The highest BCUT2D eigenvalue weighted by Crippen LogP contribution is 2.05. The highest BCUT2D eigenvalue weighted by atomic mass is 16.4. The Morgan fingerprint density at radius 2 is 1.38 bits per heavy atom. The molecule has 5 atom stereocenters. The molecule has 0 fully saturated rings. The largest absolute Gasteiger partial charge is 0.394 e. The summed E-state index contributed by atoms with van der Waals surface area (Å²) in [6.07, 6.45) is -6.20. The molecule has 0 saturated carbocycles. The summed E-state index contributed by atoms with van der Waals surface area (Å²) in [5.74, 6) is -0.517. The van der Waals surface area contributed by atoms with Gasteiger partial charge in [-0.2, -0.15) is 0 Å². The van der Waals surface area contributed by atoms with E-state index in [1.54, 1.807) is 7.05 Å². The van der Waals surface area contributed by atoms with E-state index in [0.717, 1.165) is 0 Å². The first-order valence-electron chi connectivity index (χ1n) is 9.02. The first-order chi connectivity index (χ1) is 12.2. The number of carbonyl (C=O) groups is 2. The molecule has 26 heavy (non-hydrogen) atoms. The summed E-state index contributed by atoms with van der Waals surface area (Å²) in [5.41, 5.74) is 0. The minimum Gasteiger partial charge on any atom is -0.394 e. The zero-order chi connectivity index (χ0) is 21.3. The summed E-state index contributed by atoms with van der Waals surface area (Å²) >= 11 is 0. The second kappa shape index (κ2) is 18.7. The smallest absolute Gasteiger partial charge is 0.220 e. The molecule has 0 radical (unpaired) electrons. The van der Waals surface area contributed by atoms with Crippen LogP contribution in [-0.4, -0.2) is 87.9 Å². The number of hydrogen-bond acceptors (Lipinski definition) is 8. The molecule has 7 N–H and O–H groups in total. The quantitative estimate of drug-likeness (QED) is 0.228. The van der Waals surface area contributed by atoms with Gasteiger partial charge in [-0.15, -0.1) is 0 Å². The first kappa shape index (κ1) is 29.7. The molecule has 0 aromatic carbocycles. The molecule has 0 aromatic rings. The van der Waals surface area contributed by atoms with Crippen molar-refractivity contribution in [2.75, 3.05) is 20.2 Å². The molecule has 0 aliphatic rings. The Morgan fingerprint density at radius 1 is 0.923 bits per heavy atom. The average Bonchev–Trinajstić information content (AvgIpc) is 2.67. The maximum absolute atomic E-state index is 11.6. The standard InChI is InChI=1S/C13H26N2O7.2C2H6/c1-7(17)8(14-2)3-4-11(20)15-5-9(18)12(21)13(22)10(19)6-16;2*1-2/h8-10,12-14,16,18-19,21-22H,3-6H2,1-2H3,(H,15,20);2*1-2H3. The van der Waals surface area contributed by atoms with Crippen molar-refractivity contribution in [2.45, 2.75) is 77.9 Å². The summed E-state index contributed by atoms with van der Waals surface area (Å²) in [6, 6.07) is -0.428. The predicted octanol–water partition coefficient (Wildman–Crippen LogP) is -1.45. The fourth-order valence-electron chi connectivity index (χ4n) is 1.82. The highest BCUT2D eigenvalue weighted by molar-refractivity contribution is 5.82. The van der Waals surface area contributed by atoms with Crippen LogP contribution in [0.25, 0.3) is 0 Å². The lowest BCUT2D eigenvalue weighted by molar-refractivity contribution is -0.126. The minimum atomic E-state index is -1.73. The lowest BCUT2D eigenvalue weighted by Gasteiger charge is -2.25. The van der Waals surface area contributed by atoms with Crippen LogP contribution in [0.5, 0.6) is 0 Å². The lowest BCUT2D eigenvalue weighted by atomic mass is 10.0. The number of rotatable bonds is 11. The monoisotopic (exact) mass is 382 g/mol. The number of Topliss-reactive ketones (excluding diaryl/α,β-unsaturated/α-hetero) is 1. The maximum Gasteiger partial charge on any atom is 0.220 e. The van der Waals surface area contributed by atoms with Crippen LogP contribution in [0, 0.1) is 0 Å². The molecule has 9 heteroatoms. The Morgan fingerprint density at radius 3 is 1.77 bits per heavy atom. The lowest BCUT2D eigenvalue weighted by Crippen LogP contribution is -2.49. The van der Waals surface area contributed by atoms with Crippen LogP contribution in [0.3, 0.4) is 0 Å². The van der Waals surface area contributed by atoms with Crippen molar-refractivity contribution in [3.8, 4) is 0 Å². The van der Waals surface area contributed by atoms with Gasteiger partial charge in [-0.05, 0) is 20.4 Å². The van der Waals surface area contributed by atoms with Gasteiger partial charge in [0.05, 0.1) is 18.8 Å². The third kappa shape index (κ3) is 13.2. The van der Waals surface area contributed by atoms with Crippen LogP contribution >= 0.6 is 0 Å². The molecular formula is C17H38N2O7.